The van der Waals surface area contributed by atoms with Crippen molar-refractivity contribution in [3.63, 3.8) is 0 Å². The van der Waals surface area contributed by atoms with Crippen molar-refractivity contribution in [1.29, 1.82) is 0 Å². The fourth-order valence-corrected chi connectivity index (χ4v) is 0.923. The second-order valence-corrected chi connectivity index (χ2v) is 2.91. The van der Waals surface area contributed by atoms with Gasteiger partial charge in [-0.3, -0.25) is 0 Å². The van der Waals surface area contributed by atoms with E-state index in [4.69, 9.17) is 7.85 Å². The lowest BCUT2D eigenvalue weighted by Gasteiger charge is -2.14. The molecule has 1 aliphatic rings. The van der Waals surface area contributed by atoms with E-state index in [0.29, 0.717) is 0 Å². The second kappa shape index (κ2) is 2.42. The van der Waals surface area contributed by atoms with Crippen LogP contribution in [-0.2, 0) is 0 Å². The summed E-state index contributed by atoms with van der Waals surface area (Å²) < 4.78 is 0. The molecule has 2 radical (unpaired) electrons. The molecular weight excluding hydrogens is 107 g/mol. The fourth-order valence-electron chi connectivity index (χ4n) is 0.923. The van der Waals surface area contributed by atoms with E-state index in [1.54, 1.807) is 0 Å². The zero-order valence-electron chi connectivity index (χ0n) is 6.02. The summed E-state index contributed by atoms with van der Waals surface area (Å²) in [6.45, 7) is 4.40. The van der Waals surface area contributed by atoms with E-state index < -0.39 is 0 Å². The van der Waals surface area contributed by atoms with Gasteiger partial charge < -0.3 is 0 Å². The zero-order chi connectivity index (χ0) is 6.85. The van der Waals surface area contributed by atoms with Gasteiger partial charge in [-0.05, 0) is 12.3 Å². The van der Waals surface area contributed by atoms with E-state index in [2.05, 4.69) is 19.9 Å². The van der Waals surface area contributed by atoms with Crippen LogP contribution in [0, 0.1) is 5.92 Å². The van der Waals surface area contributed by atoms with Gasteiger partial charge in [0.15, 0.2) is 0 Å². The summed E-state index contributed by atoms with van der Waals surface area (Å²) in [4.78, 5) is 0. The van der Waals surface area contributed by atoms with Gasteiger partial charge in [0.25, 0.3) is 0 Å². The third-order valence-corrected chi connectivity index (χ3v) is 1.46. The van der Waals surface area contributed by atoms with Crippen LogP contribution in [0.1, 0.15) is 20.3 Å². The highest BCUT2D eigenvalue weighted by Crippen LogP contribution is 2.22. The predicted molar refractivity (Wildman–Crippen MR) is 41.4 cm³/mol. The summed E-state index contributed by atoms with van der Waals surface area (Å²) in [5.74, 6) is 0.725. The quantitative estimate of drug-likeness (QED) is 0.486. The van der Waals surface area contributed by atoms with Crippen LogP contribution in [0.5, 0.6) is 0 Å². The molecule has 0 heterocycles. The van der Waals surface area contributed by atoms with Gasteiger partial charge in [0.05, 0.1) is 0 Å². The summed E-state index contributed by atoms with van der Waals surface area (Å²) in [6, 6.07) is 0. The predicted octanol–water partition coefficient (Wildman–Crippen LogP) is 2.02. The van der Waals surface area contributed by atoms with Crippen molar-refractivity contribution >= 4 is 7.85 Å². The first-order valence-electron chi connectivity index (χ1n) is 3.37. The number of hydrogen-bond donors (Lipinski definition) is 0. The van der Waals surface area contributed by atoms with E-state index in [1.165, 1.54) is 5.57 Å². The normalized spacial score (nSPS) is 16.8. The van der Waals surface area contributed by atoms with E-state index in [1.807, 2.05) is 6.08 Å². The van der Waals surface area contributed by atoms with Crippen molar-refractivity contribution in [3.05, 3.63) is 23.2 Å². The van der Waals surface area contributed by atoms with Gasteiger partial charge in [-0.1, -0.05) is 37.0 Å². The molecule has 1 heteroatoms. The zero-order valence-corrected chi connectivity index (χ0v) is 6.02. The topological polar surface area (TPSA) is 0 Å². The monoisotopic (exact) mass is 118 g/mol. The molecule has 0 fully saturated rings. The van der Waals surface area contributed by atoms with Crippen LogP contribution >= 0.6 is 0 Å². The highest BCUT2D eigenvalue weighted by atomic mass is 14.1. The van der Waals surface area contributed by atoms with Gasteiger partial charge in [0.1, 0.15) is 7.85 Å². The minimum atomic E-state index is 0.725. The van der Waals surface area contributed by atoms with Crippen LogP contribution in [0.15, 0.2) is 23.2 Å². The van der Waals surface area contributed by atoms with E-state index in [0.717, 1.165) is 17.8 Å². The van der Waals surface area contributed by atoms with Crippen LogP contribution in [0.4, 0.5) is 0 Å². The van der Waals surface area contributed by atoms with Crippen LogP contribution < -0.4 is 0 Å². The third-order valence-electron chi connectivity index (χ3n) is 1.46. The smallest absolute Gasteiger partial charge is 0.0935 e. The van der Waals surface area contributed by atoms with Gasteiger partial charge in [-0.2, -0.15) is 0 Å². The molecule has 0 aromatic rings. The maximum Gasteiger partial charge on any atom is 0.114 e. The van der Waals surface area contributed by atoms with Crippen molar-refractivity contribution in [3.8, 4) is 0 Å². The van der Waals surface area contributed by atoms with Gasteiger partial charge in [0, 0.05) is 0 Å². The molecule has 0 N–H and O–H groups in total. The maximum absolute atomic E-state index is 5.56. The van der Waals surface area contributed by atoms with Crippen molar-refractivity contribution in [2.45, 2.75) is 20.3 Å². The Kier molecular flexibility index (Phi) is 1.79. The Hall–Kier alpha value is -0.455. The van der Waals surface area contributed by atoms with E-state index in [-0.39, 0.29) is 0 Å². The number of hydrogen-bond acceptors (Lipinski definition) is 0. The summed E-state index contributed by atoms with van der Waals surface area (Å²) in [5, 5.41) is 0. The molecule has 0 nitrogen and oxygen atoms in total. The van der Waals surface area contributed by atoms with Crippen molar-refractivity contribution in [1.82, 2.24) is 0 Å². The van der Waals surface area contributed by atoms with Gasteiger partial charge in [-0.25, -0.2) is 0 Å². The van der Waals surface area contributed by atoms with Crippen LogP contribution in [-0.4, -0.2) is 7.85 Å². The summed E-state index contributed by atoms with van der Waals surface area (Å²) >= 11 is 0. The molecule has 0 unspecified atom stereocenters. The first-order chi connectivity index (χ1) is 4.20. The van der Waals surface area contributed by atoms with Crippen LogP contribution in [0.25, 0.3) is 0 Å². The molecule has 0 saturated heterocycles. The van der Waals surface area contributed by atoms with Crippen molar-refractivity contribution in [2.75, 3.05) is 0 Å². The Balaban J connectivity index is 2.38. The first-order valence-corrected chi connectivity index (χ1v) is 3.37. The Labute approximate surface area is 58.1 Å². The molecule has 9 heavy (non-hydrogen) atoms. The summed E-state index contributed by atoms with van der Waals surface area (Å²) in [5.41, 5.74) is 2.30. The number of rotatable bonds is 2. The van der Waals surface area contributed by atoms with Crippen LogP contribution in [0.2, 0.25) is 0 Å². The molecule has 0 aromatic heterocycles. The van der Waals surface area contributed by atoms with Crippen molar-refractivity contribution < 1.29 is 0 Å². The van der Waals surface area contributed by atoms with Crippen molar-refractivity contribution in [2.24, 2.45) is 5.92 Å². The standard InChI is InChI=1S/C8H11B/c1-6(2)5-7-3-4-8(7)9/h3-4,6H,5H2,1-2H3. The average molecular weight is 118 g/mol. The largest absolute Gasteiger partial charge is 0.114 e. The Morgan fingerprint density at radius 1 is 1.44 bits per heavy atom. The molecule has 0 saturated carbocycles. The van der Waals surface area contributed by atoms with E-state index >= 15 is 0 Å². The number of allylic oxidation sites excluding steroid dienone is 4. The highest BCUT2D eigenvalue weighted by molar-refractivity contribution is 6.25. The minimum absolute atomic E-state index is 0.725. The molecule has 0 amide bonds. The average Bonchev–Trinajstić information content (AvgIpc) is 1.79. The lowest BCUT2D eigenvalue weighted by molar-refractivity contribution is 0.647. The first kappa shape index (κ1) is 6.66. The molecule has 0 bridgehead atoms. The second-order valence-electron chi connectivity index (χ2n) is 2.91. The van der Waals surface area contributed by atoms with Gasteiger partial charge >= 0.3 is 0 Å². The fraction of sp³-hybridized carbons (Fsp3) is 0.500. The maximum atomic E-state index is 5.56. The van der Waals surface area contributed by atoms with Gasteiger partial charge in [0.2, 0.25) is 0 Å². The lowest BCUT2D eigenvalue weighted by Crippen LogP contribution is -1.99. The van der Waals surface area contributed by atoms with Gasteiger partial charge in [-0.15, -0.1) is 0 Å². The SMILES string of the molecule is [B]C1=C(CC(C)C)C=C1. The minimum Gasteiger partial charge on any atom is -0.0935 e. The summed E-state index contributed by atoms with van der Waals surface area (Å²) in [7, 11) is 5.56. The Morgan fingerprint density at radius 3 is 2.22 bits per heavy atom. The Bertz CT molecular complexity index is 163. The lowest BCUT2D eigenvalue weighted by atomic mass is 9.80. The molecule has 46 valence electrons. The molecule has 0 aromatic carbocycles. The summed E-state index contributed by atoms with van der Waals surface area (Å²) in [6.07, 6.45) is 5.18. The highest BCUT2D eigenvalue weighted by Gasteiger charge is 2.05. The molecule has 1 aliphatic carbocycles. The van der Waals surface area contributed by atoms with E-state index in [9.17, 15) is 0 Å². The molecular formula is C8H11B. The molecule has 0 spiro atoms. The van der Waals surface area contributed by atoms with Crippen LogP contribution in [0.3, 0.4) is 0 Å². The Morgan fingerprint density at radius 2 is 2.11 bits per heavy atom. The molecule has 0 atom stereocenters. The molecule has 1 rings (SSSR count). The third kappa shape index (κ3) is 1.47. The molecule has 0 aliphatic heterocycles.